The van der Waals surface area contributed by atoms with Crippen molar-refractivity contribution in [2.75, 3.05) is 12.4 Å². The maximum absolute atomic E-state index is 12.7. The van der Waals surface area contributed by atoms with Crippen molar-refractivity contribution >= 4 is 29.3 Å². The Bertz CT molecular complexity index is 993. The van der Waals surface area contributed by atoms with E-state index >= 15 is 0 Å². The highest BCUT2D eigenvalue weighted by atomic mass is 35.5. The van der Waals surface area contributed by atoms with E-state index in [0.717, 1.165) is 24.3 Å². The Morgan fingerprint density at radius 2 is 1.80 bits per heavy atom. The number of nitriles is 1. The fraction of sp³-hybridized carbons (Fsp3) is 0.158. The average Bonchev–Trinajstić information content (AvgIpc) is 2.66. The minimum Gasteiger partial charge on any atom is -0.495 e. The fourth-order valence-corrected chi connectivity index (χ4v) is 2.51. The number of hydrogen-bond acceptors (Lipinski definition) is 5. The number of rotatable bonds is 8. The van der Waals surface area contributed by atoms with Crippen LogP contribution in [0.2, 0.25) is 5.02 Å². The van der Waals surface area contributed by atoms with Gasteiger partial charge < -0.3 is 19.5 Å². The number of methoxy groups -OCH3 is 1. The number of carbonyl (C=O) groups excluding carboxylic acids is 1. The number of hydrogen-bond donors (Lipinski definition) is 1. The van der Waals surface area contributed by atoms with Gasteiger partial charge in [-0.15, -0.1) is 0 Å². The van der Waals surface area contributed by atoms with Gasteiger partial charge in [0.1, 0.15) is 28.9 Å². The maximum atomic E-state index is 12.7. The van der Waals surface area contributed by atoms with E-state index in [1.54, 1.807) is 6.07 Å². The maximum Gasteiger partial charge on any atom is 0.387 e. The van der Waals surface area contributed by atoms with Crippen LogP contribution in [-0.2, 0) is 4.79 Å². The smallest absolute Gasteiger partial charge is 0.387 e. The van der Waals surface area contributed by atoms with Crippen LogP contribution in [0.15, 0.2) is 42.0 Å². The molecule has 158 valence electrons. The molecule has 0 unspecified atom stereocenters. The van der Waals surface area contributed by atoms with Crippen LogP contribution in [0.4, 0.5) is 23.2 Å². The van der Waals surface area contributed by atoms with Gasteiger partial charge in [0, 0.05) is 17.3 Å². The van der Waals surface area contributed by atoms with Crippen molar-refractivity contribution in [2.24, 2.45) is 0 Å². The zero-order chi connectivity index (χ0) is 22.3. The van der Waals surface area contributed by atoms with Gasteiger partial charge in [0.15, 0.2) is 0 Å². The fourth-order valence-electron chi connectivity index (χ4n) is 2.25. The molecule has 1 amide bonds. The molecule has 2 aromatic rings. The molecule has 0 fully saturated rings. The molecule has 2 aromatic carbocycles. The molecule has 0 aliphatic rings. The minimum atomic E-state index is -3.28. The number of amides is 1. The molecule has 30 heavy (non-hydrogen) atoms. The molecule has 0 heterocycles. The molecule has 0 radical (unpaired) electrons. The Morgan fingerprint density at radius 3 is 2.37 bits per heavy atom. The molecule has 1 N–H and O–H groups in total. The number of ether oxygens (including phenoxy) is 3. The van der Waals surface area contributed by atoms with Crippen LogP contribution in [0.5, 0.6) is 17.2 Å². The number of nitrogens with one attached hydrogen (secondary N) is 1. The van der Waals surface area contributed by atoms with E-state index in [2.05, 4.69) is 14.8 Å². The summed E-state index contributed by atoms with van der Waals surface area (Å²) < 4.78 is 63.4. The molecule has 0 spiro atoms. The molecule has 0 atom stereocenters. The molecule has 0 aliphatic heterocycles. The lowest BCUT2D eigenvalue weighted by Crippen LogP contribution is -2.13. The van der Waals surface area contributed by atoms with Crippen molar-refractivity contribution in [3.8, 4) is 23.3 Å². The van der Waals surface area contributed by atoms with Gasteiger partial charge in [-0.2, -0.15) is 22.8 Å². The molecule has 0 aliphatic carbocycles. The summed E-state index contributed by atoms with van der Waals surface area (Å²) in [6, 6.07) is 8.91. The van der Waals surface area contributed by atoms with E-state index in [4.69, 9.17) is 16.3 Å². The zero-order valence-electron chi connectivity index (χ0n) is 15.2. The quantitative estimate of drug-likeness (QED) is 0.348. The second-order valence-corrected chi connectivity index (χ2v) is 5.84. The van der Waals surface area contributed by atoms with E-state index in [9.17, 15) is 27.6 Å². The lowest BCUT2D eigenvalue weighted by molar-refractivity contribution is -0.112. The number of halogens is 5. The van der Waals surface area contributed by atoms with E-state index in [1.165, 1.54) is 25.3 Å². The van der Waals surface area contributed by atoms with Crippen LogP contribution >= 0.6 is 11.6 Å². The average molecular weight is 445 g/mol. The molecule has 0 saturated heterocycles. The molecule has 0 bridgehead atoms. The highest BCUT2D eigenvalue weighted by Crippen LogP contribution is 2.30. The predicted molar refractivity (Wildman–Crippen MR) is 99.9 cm³/mol. The summed E-state index contributed by atoms with van der Waals surface area (Å²) in [5, 5.41) is 11.9. The van der Waals surface area contributed by atoms with Gasteiger partial charge in [0.05, 0.1) is 12.1 Å². The summed E-state index contributed by atoms with van der Waals surface area (Å²) in [4.78, 5) is 12.4. The first kappa shape index (κ1) is 22.8. The Hall–Kier alpha value is -3.45. The number of carbonyl (C=O) groups is 1. The monoisotopic (exact) mass is 444 g/mol. The molecule has 0 saturated carbocycles. The molecule has 11 heteroatoms. The van der Waals surface area contributed by atoms with Crippen molar-refractivity contribution in [2.45, 2.75) is 13.2 Å². The first-order chi connectivity index (χ1) is 14.2. The van der Waals surface area contributed by atoms with E-state index in [-0.39, 0.29) is 16.3 Å². The summed E-state index contributed by atoms with van der Waals surface area (Å²) in [5.74, 6) is -1.50. The predicted octanol–water partition coefficient (Wildman–Crippen LogP) is 5.10. The minimum absolute atomic E-state index is 0.128. The van der Waals surface area contributed by atoms with Crippen molar-refractivity contribution in [3.63, 3.8) is 0 Å². The van der Waals surface area contributed by atoms with Gasteiger partial charge in [-0.25, -0.2) is 0 Å². The normalized spacial score (nSPS) is 11.2. The van der Waals surface area contributed by atoms with Gasteiger partial charge in [-0.05, 0) is 36.4 Å². The van der Waals surface area contributed by atoms with Crippen molar-refractivity contribution < 1.29 is 36.6 Å². The van der Waals surface area contributed by atoms with Crippen molar-refractivity contribution in [3.05, 3.63) is 52.6 Å². The molecule has 6 nitrogen and oxygen atoms in total. The van der Waals surface area contributed by atoms with Gasteiger partial charge in [0.2, 0.25) is 0 Å². The Morgan fingerprint density at radius 1 is 1.10 bits per heavy atom. The first-order valence-corrected chi connectivity index (χ1v) is 8.41. The summed E-state index contributed by atoms with van der Waals surface area (Å²) in [7, 11) is 1.41. The topological polar surface area (TPSA) is 80.6 Å². The van der Waals surface area contributed by atoms with Crippen LogP contribution < -0.4 is 19.5 Å². The summed E-state index contributed by atoms with van der Waals surface area (Å²) >= 11 is 5.97. The molecule has 0 aromatic heterocycles. The van der Waals surface area contributed by atoms with Crippen molar-refractivity contribution in [1.82, 2.24) is 0 Å². The second kappa shape index (κ2) is 10.4. The Balaban J connectivity index is 2.32. The van der Waals surface area contributed by atoms with Crippen molar-refractivity contribution in [1.29, 1.82) is 5.26 Å². The highest BCUT2D eigenvalue weighted by molar-refractivity contribution is 6.32. The largest absolute Gasteiger partial charge is 0.495 e. The highest BCUT2D eigenvalue weighted by Gasteiger charge is 2.16. The summed E-state index contributed by atoms with van der Waals surface area (Å²) in [6.07, 6.45) is 0.963. The Labute approximate surface area is 173 Å². The molecular weight excluding hydrogens is 432 g/mol. The first-order valence-electron chi connectivity index (χ1n) is 8.04. The third-order valence-corrected chi connectivity index (χ3v) is 3.80. The second-order valence-electron chi connectivity index (χ2n) is 5.43. The number of alkyl halides is 4. The third-order valence-electron chi connectivity index (χ3n) is 3.50. The molecular formula is C19H13ClF4N2O4. The number of anilines is 1. The lowest BCUT2D eigenvalue weighted by Gasteiger charge is -2.12. The van der Waals surface area contributed by atoms with Crippen LogP contribution in [0.25, 0.3) is 6.08 Å². The van der Waals surface area contributed by atoms with Gasteiger partial charge in [-0.3, -0.25) is 4.79 Å². The van der Waals surface area contributed by atoms with Crippen LogP contribution in [0, 0.1) is 11.3 Å². The van der Waals surface area contributed by atoms with Gasteiger partial charge >= 0.3 is 13.2 Å². The third kappa shape index (κ3) is 6.28. The van der Waals surface area contributed by atoms with Gasteiger partial charge in [-0.1, -0.05) is 11.6 Å². The van der Waals surface area contributed by atoms with Crippen LogP contribution in [0.1, 0.15) is 5.56 Å². The van der Waals surface area contributed by atoms with E-state index in [0.29, 0.717) is 5.75 Å². The molecule has 2 rings (SSSR count). The van der Waals surface area contributed by atoms with E-state index in [1.807, 2.05) is 0 Å². The zero-order valence-corrected chi connectivity index (χ0v) is 15.9. The number of benzene rings is 2. The number of nitrogens with zero attached hydrogens (tertiary/aromatic N) is 1. The van der Waals surface area contributed by atoms with Crippen LogP contribution in [-0.4, -0.2) is 26.2 Å². The van der Waals surface area contributed by atoms with Gasteiger partial charge in [0.25, 0.3) is 5.91 Å². The van der Waals surface area contributed by atoms with E-state index < -0.39 is 36.2 Å². The van der Waals surface area contributed by atoms with Crippen LogP contribution in [0.3, 0.4) is 0 Å². The summed E-state index contributed by atoms with van der Waals surface area (Å²) in [5.41, 5.74) is -0.350. The SMILES string of the molecule is COc1ccc(NC(=O)/C(C#N)=C/c2ccc(OC(F)F)cc2OC(F)F)cc1Cl. The Kier molecular flexibility index (Phi) is 7.89. The lowest BCUT2D eigenvalue weighted by atomic mass is 10.1. The summed E-state index contributed by atoms with van der Waals surface area (Å²) in [6.45, 7) is -6.46. The standard InChI is InChI=1S/C19H13ClF4N2O4/c1-28-15-5-3-12(7-14(15)20)26-17(27)11(9-25)6-10-2-4-13(29-18(21)22)8-16(10)30-19(23)24/h2-8,18-19H,1H3,(H,26,27)/b11-6+.